The highest BCUT2D eigenvalue weighted by atomic mass is 35.5. The summed E-state index contributed by atoms with van der Waals surface area (Å²) in [5.74, 6) is 0.568. The zero-order valence-corrected chi connectivity index (χ0v) is 15.5. The van der Waals surface area contributed by atoms with Gasteiger partial charge in [-0.05, 0) is 44.1 Å². The van der Waals surface area contributed by atoms with Gasteiger partial charge in [0, 0.05) is 28.2 Å². The van der Waals surface area contributed by atoms with Gasteiger partial charge in [0.05, 0.1) is 7.11 Å². The Hall–Kier alpha value is -1.30. The van der Waals surface area contributed by atoms with Crippen molar-refractivity contribution in [2.75, 3.05) is 33.3 Å². The fraction of sp³-hybridized carbons (Fsp3) is 0.500. The van der Waals surface area contributed by atoms with Gasteiger partial charge >= 0.3 is 0 Å². The third-order valence-electron chi connectivity index (χ3n) is 4.43. The van der Waals surface area contributed by atoms with Crippen molar-refractivity contribution >= 4 is 38.9 Å². The smallest absolute Gasteiger partial charge is 0.265 e. The van der Waals surface area contributed by atoms with Gasteiger partial charge in [-0.3, -0.25) is 4.79 Å². The maximum atomic E-state index is 12.6. The molecule has 1 aliphatic rings. The fourth-order valence-electron chi connectivity index (χ4n) is 3.17. The van der Waals surface area contributed by atoms with E-state index in [2.05, 4.69) is 10.2 Å². The van der Waals surface area contributed by atoms with Crippen molar-refractivity contribution in [3.05, 3.63) is 28.1 Å². The summed E-state index contributed by atoms with van der Waals surface area (Å²) in [5, 5.41) is 4.63. The van der Waals surface area contributed by atoms with Crippen LogP contribution in [0, 0.1) is 0 Å². The van der Waals surface area contributed by atoms with E-state index >= 15 is 0 Å². The summed E-state index contributed by atoms with van der Waals surface area (Å²) in [6.07, 6.45) is 5.17. The summed E-state index contributed by atoms with van der Waals surface area (Å²) >= 11 is 7.47. The van der Waals surface area contributed by atoms with Gasteiger partial charge in [0.2, 0.25) is 0 Å². The summed E-state index contributed by atoms with van der Waals surface area (Å²) in [6, 6.07) is 5.60. The van der Waals surface area contributed by atoms with E-state index < -0.39 is 0 Å². The van der Waals surface area contributed by atoms with Crippen LogP contribution in [0.25, 0.3) is 10.1 Å². The Balaban J connectivity index is 1.65. The molecule has 0 bridgehead atoms. The van der Waals surface area contributed by atoms with Crippen molar-refractivity contribution in [3.8, 4) is 5.75 Å². The summed E-state index contributed by atoms with van der Waals surface area (Å²) < 4.78 is 6.44. The Labute approximate surface area is 151 Å². The second-order valence-electron chi connectivity index (χ2n) is 6.12. The summed E-state index contributed by atoms with van der Waals surface area (Å²) in [5.41, 5.74) is 0. The number of likely N-dealkylation sites (tertiary alicyclic amines) is 1. The lowest BCUT2D eigenvalue weighted by Gasteiger charge is -2.19. The molecule has 1 aromatic carbocycles. The number of nitrogens with one attached hydrogen (secondary N) is 1. The number of amides is 1. The average Bonchev–Trinajstić information content (AvgIpc) is 2.74. The third-order valence-corrected chi connectivity index (χ3v) is 5.80. The molecule has 4 nitrogen and oxygen atoms in total. The highest BCUT2D eigenvalue weighted by Crippen LogP contribution is 2.38. The minimum Gasteiger partial charge on any atom is -0.494 e. The Morgan fingerprint density at radius 1 is 1.29 bits per heavy atom. The minimum atomic E-state index is -0.0704. The number of ether oxygens (including phenoxy) is 1. The fourth-order valence-corrected chi connectivity index (χ4v) is 4.53. The van der Waals surface area contributed by atoms with Gasteiger partial charge < -0.3 is 15.0 Å². The quantitative estimate of drug-likeness (QED) is 0.863. The molecule has 1 fully saturated rings. The zero-order chi connectivity index (χ0) is 16.9. The van der Waals surface area contributed by atoms with E-state index in [-0.39, 0.29) is 5.91 Å². The van der Waals surface area contributed by atoms with Gasteiger partial charge in [0.15, 0.2) is 0 Å². The van der Waals surface area contributed by atoms with Crippen LogP contribution in [0.2, 0.25) is 5.02 Å². The molecule has 1 aliphatic heterocycles. The van der Waals surface area contributed by atoms with E-state index in [1.54, 1.807) is 7.11 Å². The van der Waals surface area contributed by atoms with Gasteiger partial charge in [-0.25, -0.2) is 0 Å². The molecule has 1 amide bonds. The molecular formula is C18H23ClN2O2S. The summed E-state index contributed by atoms with van der Waals surface area (Å²) in [6.45, 7) is 3.85. The third kappa shape index (κ3) is 4.02. The molecule has 6 heteroatoms. The standard InChI is InChI=1S/C18H23ClN2O2S/c1-23-16-14-7-6-13(19)12-15(14)24-17(16)18(22)20-8-11-21-9-4-2-3-5-10-21/h6-7,12H,2-5,8-11H2,1H3,(H,20,22). The van der Waals surface area contributed by atoms with Crippen LogP contribution < -0.4 is 10.1 Å². The molecule has 0 aliphatic carbocycles. The number of halogens is 1. The minimum absolute atomic E-state index is 0.0704. The molecule has 130 valence electrons. The Kier molecular flexibility index (Phi) is 5.98. The van der Waals surface area contributed by atoms with Crippen molar-refractivity contribution in [2.45, 2.75) is 25.7 Å². The van der Waals surface area contributed by atoms with Crippen molar-refractivity contribution < 1.29 is 9.53 Å². The van der Waals surface area contributed by atoms with Crippen molar-refractivity contribution in [3.63, 3.8) is 0 Å². The van der Waals surface area contributed by atoms with Crippen LogP contribution in [-0.4, -0.2) is 44.1 Å². The molecule has 0 unspecified atom stereocenters. The largest absolute Gasteiger partial charge is 0.494 e. The summed E-state index contributed by atoms with van der Waals surface area (Å²) in [7, 11) is 1.60. The number of fused-ring (bicyclic) bond motifs is 1. The number of nitrogens with zero attached hydrogens (tertiary/aromatic N) is 1. The normalized spacial score (nSPS) is 16.1. The Morgan fingerprint density at radius 3 is 2.75 bits per heavy atom. The maximum absolute atomic E-state index is 12.6. The van der Waals surface area contributed by atoms with E-state index in [9.17, 15) is 4.79 Å². The molecule has 0 atom stereocenters. The van der Waals surface area contributed by atoms with Gasteiger partial charge in [-0.2, -0.15) is 0 Å². The van der Waals surface area contributed by atoms with Crippen LogP contribution in [0.15, 0.2) is 18.2 Å². The lowest BCUT2D eigenvalue weighted by Crippen LogP contribution is -2.35. The van der Waals surface area contributed by atoms with E-state index in [4.69, 9.17) is 16.3 Å². The number of hydrogen-bond donors (Lipinski definition) is 1. The zero-order valence-electron chi connectivity index (χ0n) is 13.9. The SMILES string of the molecule is COc1c(C(=O)NCCN2CCCCCC2)sc2cc(Cl)ccc12. The first kappa shape index (κ1) is 17.5. The molecule has 1 aromatic heterocycles. The van der Waals surface area contributed by atoms with E-state index in [0.717, 1.165) is 29.7 Å². The second kappa shape index (κ2) is 8.19. The molecule has 2 aromatic rings. The highest BCUT2D eigenvalue weighted by molar-refractivity contribution is 7.21. The lowest BCUT2D eigenvalue weighted by molar-refractivity contribution is 0.0950. The topological polar surface area (TPSA) is 41.6 Å². The van der Waals surface area contributed by atoms with Crippen molar-refractivity contribution in [1.29, 1.82) is 0 Å². The number of thiophene rings is 1. The molecule has 1 N–H and O–H groups in total. The summed E-state index contributed by atoms with van der Waals surface area (Å²) in [4.78, 5) is 15.6. The predicted octanol–water partition coefficient (Wildman–Crippen LogP) is 4.17. The molecule has 3 rings (SSSR count). The first-order valence-electron chi connectivity index (χ1n) is 8.45. The number of benzene rings is 1. The van der Waals surface area contributed by atoms with E-state index in [1.807, 2.05) is 18.2 Å². The van der Waals surface area contributed by atoms with Crippen LogP contribution in [0.1, 0.15) is 35.4 Å². The van der Waals surface area contributed by atoms with Crippen LogP contribution in [-0.2, 0) is 0 Å². The number of carbonyl (C=O) groups excluding carboxylic acids is 1. The van der Waals surface area contributed by atoms with Crippen LogP contribution in [0.3, 0.4) is 0 Å². The van der Waals surface area contributed by atoms with Crippen LogP contribution in [0.5, 0.6) is 5.75 Å². The molecular weight excluding hydrogens is 344 g/mol. The first-order valence-corrected chi connectivity index (χ1v) is 9.65. The lowest BCUT2D eigenvalue weighted by atomic mass is 10.2. The maximum Gasteiger partial charge on any atom is 0.265 e. The van der Waals surface area contributed by atoms with Crippen molar-refractivity contribution in [1.82, 2.24) is 10.2 Å². The Morgan fingerprint density at radius 2 is 2.04 bits per heavy atom. The number of carbonyl (C=O) groups is 1. The molecule has 0 saturated carbocycles. The number of hydrogen-bond acceptors (Lipinski definition) is 4. The molecule has 0 spiro atoms. The van der Waals surface area contributed by atoms with Crippen molar-refractivity contribution in [2.24, 2.45) is 0 Å². The van der Waals surface area contributed by atoms with Gasteiger partial charge in [-0.1, -0.05) is 24.4 Å². The molecule has 2 heterocycles. The first-order chi connectivity index (χ1) is 11.7. The van der Waals surface area contributed by atoms with Gasteiger partial charge in [0.1, 0.15) is 10.6 Å². The van der Waals surface area contributed by atoms with Crippen LogP contribution in [0.4, 0.5) is 0 Å². The monoisotopic (exact) mass is 366 g/mol. The Bertz CT molecular complexity index is 708. The van der Waals surface area contributed by atoms with Gasteiger partial charge in [0.25, 0.3) is 5.91 Å². The molecule has 1 saturated heterocycles. The predicted molar refractivity (Wildman–Crippen MR) is 101 cm³/mol. The number of rotatable bonds is 5. The second-order valence-corrected chi connectivity index (χ2v) is 7.61. The average molecular weight is 367 g/mol. The van der Waals surface area contributed by atoms with Gasteiger partial charge in [-0.15, -0.1) is 11.3 Å². The molecule has 0 radical (unpaired) electrons. The van der Waals surface area contributed by atoms with E-state index in [1.165, 1.54) is 37.0 Å². The number of methoxy groups -OCH3 is 1. The van der Waals surface area contributed by atoms with E-state index in [0.29, 0.717) is 22.2 Å². The molecule has 24 heavy (non-hydrogen) atoms. The van der Waals surface area contributed by atoms with Crippen LogP contribution >= 0.6 is 22.9 Å². The highest BCUT2D eigenvalue weighted by Gasteiger charge is 2.19.